The summed E-state index contributed by atoms with van der Waals surface area (Å²) in [5, 5.41) is 7.28. The lowest BCUT2D eigenvalue weighted by Crippen LogP contribution is -2.31. The van der Waals surface area contributed by atoms with E-state index in [2.05, 4.69) is 23.0 Å². The van der Waals surface area contributed by atoms with Crippen LogP contribution in [0.3, 0.4) is 0 Å². The zero-order valence-electron chi connectivity index (χ0n) is 10.3. The fourth-order valence-corrected chi connectivity index (χ4v) is 2.10. The van der Waals surface area contributed by atoms with E-state index in [4.69, 9.17) is 4.74 Å². The van der Waals surface area contributed by atoms with E-state index in [1.807, 2.05) is 20.8 Å². The van der Waals surface area contributed by atoms with Crippen LogP contribution in [-0.2, 0) is 16.1 Å². The Balaban J connectivity index is 2.26. The quantitative estimate of drug-likeness (QED) is 0.823. The summed E-state index contributed by atoms with van der Waals surface area (Å²) in [6, 6.07) is 0. The molecule has 0 radical (unpaired) electrons. The van der Waals surface area contributed by atoms with Crippen molar-refractivity contribution in [2.45, 2.75) is 39.8 Å². The average Bonchev–Trinajstić information content (AvgIpc) is 2.48. The molecule has 0 aliphatic carbocycles. The van der Waals surface area contributed by atoms with Gasteiger partial charge >= 0.3 is 5.97 Å². The highest BCUT2D eigenvalue weighted by Gasteiger charge is 2.15. The topological polar surface area (TPSA) is 38.3 Å². The second-order valence-electron chi connectivity index (χ2n) is 4.77. The largest absolute Gasteiger partial charge is 0.459 e. The van der Waals surface area contributed by atoms with Crippen LogP contribution in [-0.4, -0.2) is 18.1 Å². The molecule has 0 aliphatic heterocycles. The predicted octanol–water partition coefficient (Wildman–Crippen LogP) is 2.49. The molecule has 1 aromatic heterocycles. The van der Waals surface area contributed by atoms with E-state index in [0.29, 0.717) is 6.54 Å². The standard InChI is InChI=1S/C12H19NO2S/c1-9-7-16-8-10(9)5-13-6-11(14)15-12(2,3)4/h7-8,13H,5-6H2,1-4H3. The van der Waals surface area contributed by atoms with E-state index in [0.717, 1.165) is 0 Å². The zero-order valence-corrected chi connectivity index (χ0v) is 11.1. The van der Waals surface area contributed by atoms with E-state index >= 15 is 0 Å². The Kier molecular flexibility index (Phi) is 4.50. The molecule has 0 unspecified atom stereocenters. The minimum atomic E-state index is -0.406. The summed E-state index contributed by atoms with van der Waals surface area (Å²) in [4.78, 5) is 11.4. The van der Waals surface area contributed by atoms with Crippen molar-refractivity contribution in [2.75, 3.05) is 6.54 Å². The van der Waals surface area contributed by atoms with Crippen LogP contribution in [0, 0.1) is 6.92 Å². The van der Waals surface area contributed by atoms with Crippen LogP contribution in [0.4, 0.5) is 0 Å². The minimum Gasteiger partial charge on any atom is -0.459 e. The van der Waals surface area contributed by atoms with Crippen LogP contribution in [0.5, 0.6) is 0 Å². The molecule has 1 rings (SSSR count). The van der Waals surface area contributed by atoms with Gasteiger partial charge in [0.05, 0.1) is 6.54 Å². The first-order valence-corrected chi connectivity index (χ1v) is 6.27. The van der Waals surface area contributed by atoms with E-state index < -0.39 is 5.60 Å². The van der Waals surface area contributed by atoms with Crippen molar-refractivity contribution < 1.29 is 9.53 Å². The maximum atomic E-state index is 11.4. The highest BCUT2D eigenvalue weighted by molar-refractivity contribution is 7.08. The third-order valence-corrected chi connectivity index (χ3v) is 2.88. The Bertz CT molecular complexity index is 352. The van der Waals surface area contributed by atoms with Crippen LogP contribution >= 0.6 is 11.3 Å². The number of hydrogen-bond donors (Lipinski definition) is 1. The number of esters is 1. The molecule has 0 saturated heterocycles. The molecule has 0 spiro atoms. The normalized spacial score (nSPS) is 11.5. The molecule has 0 saturated carbocycles. The molecule has 4 heteroatoms. The first kappa shape index (κ1) is 13.2. The molecular formula is C12H19NO2S. The molecule has 1 heterocycles. The number of aryl methyl sites for hydroxylation is 1. The molecule has 1 N–H and O–H groups in total. The zero-order chi connectivity index (χ0) is 12.2. The van der Waals surface area contributed by atoms with Gasteiger partial charge in [0.1, 0.15) is 5.60 Å². The fraction of sp³-hybridized carbons (Fsp3) is 0.583. The summed E-state index contributed by atoms with van der Waals surface area (Å²) >= 11 is 1.68. The van der Waals surface area contributed by atoms with Crippen molar-refractivity contribution in [3.05, 3.63) is 21.9 Å². The van der Waals surface area contributed by atoms with Gasteiger partial charge in [-0.1, -0.05) is 0 Å². The molecule has 3 nitrogen and oxygen atoms in total. The van der Waals surface area contributed by atoms with Crippen molar-refractivity contribution in [3.63, 3.8) is 0 Å². The molecule has 0 bridgehead atoms. The average molecular weight is 241 g/mol. The highest BCUT2D eigenvalue weighted by atomic mass is 32.1. The van der Waals surface area contributed by atoms with Gasteiger partial charge in [-0.15, -0.1) is 0 Å². The number of carbonyl (C=O) groups is 1. The molecule has 0 aliphatic rings. The summed E-state index contributed by atoms with van der Waals surface area (Å²) in [5.74, 6) is -0.208. The van der Waals surface area contributed by atoms with Crippen LogP contribution in [0.1, 0.15) is 31.9 Å². The second-order valence-corrected chi connectivity index (χ2v) is 5.51. The van der Waals surface area contributed by atoms with Crippen LogP contribution in [0.25, 0.3) is 0 Å². The lowest BCUT2D eigenvalue weighted by Gasteiger charge is -2.19. The van der Waals surface area contributed by atoms with Crippen molar-refractivity contribution in [3.8, 4) is 0 Å². The van der Waals surface area contributed by atoms with E-state index in [1.165, 1.54) is 11.1 Å². The second kappa shape index (κ2) is 5.46. The molecule has 0 amide bonds. The van der Waals surface area contributed by atoms with Gasteiger partial charge in [0.2, 0.25) is 0 Å². The van der Waals surface area contributed by atoms with Gasteiger partial charge < -0.3 is 10.1 Å². The van der Waals surface area contributed by atoms with Crippen LogP contribution < -0.4 is 5.32 Å². The SMILES string of the molecule is Cc1cscc1CNCC(=O)OC(C)(C)C. The summed E-state index contributed by atoms with van der Waals surface area (Å²) in [7, 11) is 0. The van der Waals surface area contributed by atoms with Crippen LogP contribution in [0.2, 0.25) is 0 Å². The molecular weight excluding hydrogens is 222 g/mol. The van der Waals surface area contributed by atoms with Gasteiger partial charge in [-0.2, -0.15) is 11.3 Å². The lowest BCUT2D eigenvalue weighted by atomic mass is 10.2. The van der Waals surface area contributed by atoms with Gasteiger partial charge in [0.15, 0.2) is 0 Å². The molecule has 0 aromatic carbocycles. The lowest BCUT2D eigenvalue weighted by molar-refractivity contribution is -0.153. The molecule has 0 atom stereocenters. The van der Waals surface area contributed by atoms with Crippen molar-refractivity contribution in [2.24, 2.45) is 0 Å². The third-order valence-electron chi connectivity index (χ3n) is 1.97. The maximum absolute atomic E-state index is 11.4. The molecule has 16 heavy (non-hydrogen) atoms. The Hall–Kier alpha value is -0.870. The van der Waals surface area contributed by atoms with E-state index in [-0.39, 0.29) is 12.5 Å². The Morgan fingerprint density at radius 3 is 2.62 bits per heavy atom. The Morgan fingerprint density at radius 1 is 1.44 bits per heavy atom. The summed E-state index contributed by atoms with van der Waals surface area (Å²) < 4.78 is 5.19. The van der Waals surface area contributed by atoms with Gasteiger partial charge in [0.25, 0.3) is 0 Å². The number of hydrogen-bond acceptors (Lipinski definition) is 4. The van der Waals surface area contributed by atoms with Crippen molar-refractivity contribution in [1.82, 2.24) is 5.32 Å². The smallest absolute Gasteiger partial charge is 0.320 e. The number of carbonyl (C=O) groups excluding carboxylic acids is 1. The monoisotopic (exact) mass is 241 g/mol. The van der Waals surface area contributed by atoms with Gasteiger partial charge in [-0.25, -0.2) is 0 Å². The Labute approximate surface area is 101 Å². The Morgan fingerprint density at radius 2 is 2.12 bits per heavy atom. The van der Waals surface area contributed by atoms with E-state index in [9.17, 15) is 4.79 Å². The molecule has 0 fully saturated rings. The van der Waals surface area contributed by atoms with Crippen molar-refractivity contribution >= 4 is 17.3 Å². The summed E-state index contributed by atoms with van der Waals surface area (Å²) in [6.07, 6.45) is 0. The number of nitrogens with one attached hydrogen (secondary N) is 1. The first-order chi connectivity index (χ1) is 7.38. The van der Waals surface area contributed by atoms with Gasteiger partial charge in [0, 0.05) is 6.54 Å². The molecule has 90 valence electrons. The van der Waals surface area contributed by atoms with Crippen molar-refractivity contribution in [1.29, 1.82) is 0 Å². The van der Waals surface area contributed by atoms with E-state index in [1.54, 1.807) is 11.3 Å². The van der Waals surface area contributed by atoms with Gasteiger partial charge in [-0.3, -0.25) is 4.79 Å². The maximum Gasteiger partial charge on any atom is 0.320 e. The number of thiophene rings is 1. The summed E-state index contributed by atoms with van der Waals surface area (Å²) in [6.45, 7) is 8.65. The number of rotatable bonds is 4. The minimum absolute atomic E-state index is 0.208. The van der Waals surface area contributed by atoms with Gasteiger partial charge in [-0.05, 0) is 49.6 Å². The molecule has 1 aromatic rings. The highest BCUT2D eigenvalue weighted by Crippen LogP contribution is 2.13. The predicted molar refractivity (Wildman–Crippen MR) is 66.6 cm³/mol. The van der Waals surface area contributed by atoms with Crippen LogP contribution in [0.15, 0.2) is 10.8 Å². The summed E-state index contributed by atoms with van der Waals surface area (Å²) in [5.41, 5.74) is 2.10. The number of ether oxygens (including phenoxy) is 1. The third kappa shape index (κ3) is 4.77. The fourth-order valence-electron chi connectivity index (χ4n) is 1.24. The first-order valence-electron chi connectivity index (χ1n) is 5.33.